The van der Waals surface area contributed by atoms with Crippen LogP contribution in [0.3, 0.4) is 0 Å². The Bertz CT molecular complexity index is 661. The SMILES string of the molecule is CN(CC1(CO)CCOCC1)C(=O)c1n[nH]c2ccccc12. The maximum Gasteiger partial charge on any atom is 0.274 e. The minimum absolute atomic E-state index is 0.0648. The van der Waals surface area contributed by atoms with E-state index in [2.05, 4.69) is 10.2 Å². The summed E-state index contributed by atoms with van der Waals surface area (Å²) in [7, 11) is 1.76. The number of ether oxygens (including phenoxy) is 1. The number of amides is 1. The van der Waals surface area contributed by atoms with Gasteiger partial charge in [0.1, 0.15) is 0 Å². The van der Waals surface area contributed by atoms with Gasteiger partial charge in [-0.3, -0.25) is 9.89 Å². The number of aromatic nitrogens is 2. The monoisotopic (exact) mass is 303 g/mol. The second-order valence-electron chi connectivity index (χ2n) is 6.05. The Labute approximate surface area is 129 Å². The fraction of sp³-hybridized carbons (Fsp3) is 0.500. The van der Waals surface area contributed by atoms with Crippen LogP contribution < -0.4 is 0 Å². The maximum absolute atomic E-state index is 12.7. The van der Waals surface area contributed by atoms with Crippen molar-refractivity contribution >= 4 is 16.8 Å². The Morgan fingerprint density at radius 1 is 1.41 bits per heavy atom. The third-order valence-electron chi connectivity index (χ3n) is 4.48. The van der Waals surface area contributed by atoms with E-state index in [0.29, 0.717) is 25.5 Å². The number of benzene rings is 1. The van der Waals surface area contributed by atoms with E-state index in [0.717, 1.165) is 23.7 Å². The minimum Gasteiger partial charge on any atom is -0.396 e. The topological polar surface area (TPSA) is 78.5 Å². The second-order valence-corrected chi connectivity index (χ2v) is 6.05. The molecule has 1 amide bonds. The summed E-state index contributed by atoms with van der Waals surface area (Å²) in [6.45, 7) is 1.84. The van der Waals surface area contributed by atoms with E-state index in [1.165, 1.54) is 0 Å². The standard InChI is InChI=1S/C16H21N3O3/c1-19(10-16(11-20)6-8-22-9-7-16)15(21)14-12-4-2-3-5-13(12)17-18-14/h2-5,20H,6-11H2,1H3,(H,17,18). The molecule has 1 aromatic carbocycles. The van der Waals surface area contributed by atoms with Crippen molar-refractivity contribution in [1.29, 1.82) is 0 Å². The molecule has 1 fully saturated rings. The smallest absolute Gasteiger partial charge is 0.274 e. The molecule has 2 aromatic rings. The lowest BCUT2D eigenvalue weighted by Crippen LogP contribution is -2.44. The summed E-state index contributed by atoms with van der Waals surface area (Å²) in [5, 5.41) is 17.6. The van der Waals surface area contributed by atoms with Crippen molar-refractivity contribution < 1.29 is 14.6 Å². The largest absolute Gasteiger partial charge is 0.396 e. The molecule has 0 aliphatic carbocycles. The Morgan fingerprint density at radius 3 is 2.86 bits per heavy atom. The predicted octanol–water partition coefficient (Wildman–Crippen LogP) is 1.42. The molecule has 22 heavy (non-hydrogen) atoms. The van der Waals surface area contributed by atoms with E-state index in [1.54, 1.807) is 11.9 Å². The second kappa shape index (κ2) is 6.06. The molecule has 0 spiro atoms. The van der Waals surface area contributed by atoms with E-state index < -0.39 is 0 Å². The van der Waals surface area contributed by atoms with Crippen LogP contribution in [-0.4, -0.2) is 59.5 Å². The molecule has 0 saturated carbocycles. The van der Waals surface area contributed by atoms with Crippen molar-refractivity contribution in [3.8, 4) is 0 Å². The number of aromatic amines is 1. The van der Waals surface area contributed by atoms with Gasteiger partial charge in [-0.2, -0.15) is 5.10 Å². The molecule has 1 aliphatic heterocycles. The van der Waals surface area contributed by atoms with Gasteiger partial charge in [-0.05, 0) is 18.9 Å². The Morgan fingerprint density at radius 2 is 2.14 bits per heavy atom. The first-order valence-electron chi connectivity index (χ1n) is 7.52. The highest BCUT2D eigenvalue weighted by atomic mass is 16.5. The summed E-state index contributed by atoms with van der Waals surface area (Å²) < 4.78 is 5.37. The quantitative estimate of drug-likeness (QED) is 0.895. The maximum atomic E-state index is 12.7. The molecular formula is C16H21N3O3. The molecule has 0 atom stereocenters. The number of nitrogens with zero attached hydrogens (tertiary/aromatic N) is 2. The summed E-state index contributed by atoms with van der Waals surface area (Å²) in [4.78, 5) is 14.3. The average molecular weight is 303 g/mol. The van der Waals surface area contributed by atoms with Crippen molar-refractivity contribution in [3.05, 3.63) is 30.0 Å². The van der Waals surface area contributed by atoms with Gasteiger partial charge in [-0.1, -0.05) is 18.2 Å². The number of aliphatic hydroxyl groups excluding tert-OH is 1. The van der Waals surface area contributed by atoms with Gasteiger partial charge in [-0.25, -0.2) is 0 Å². The molecule has 2 N–H and O–H groups in total. The Balaban J connectivity index is 1.79. The van der Waals surface area contributed by atoms with E-state index in [4.69, 9.17) is 4.74 Å². The zero-order valence-corrected chi connectivity index (χ0v) is 12.7. The molecule has 0 radical (unpaired) electrons. The number of fused-ring (bicyclic) bond motifs is 1. The van der Waals surface area contributed by atoms with Crippen molar-refractivity contribution in [3.63, 3.8) is 0 Å². The van der Waals surface area contributed by atoms with Gasteiger partial charge in [0.25, 0.3) is 5.91 Å². The van der Waals surface area contributed by atoms with Crippen molar-refractivity contribution in [1.82, 2.24) is 15.1 Å². The van der Waals surface area contributed by atoms with Crippen LogP contribution in [0.1, 0.15) is 23.3 Å². The van der Waals surface area contributed by atoms with Crippen LogP contribution >= 0.6 is 0 Å². The molecule has 1 saturated heterocycles. The van der Waals surface area contributed by atoms with Gasteiger partial charge in [-0.15, -0.1) is 0 Å². The molecule has 3 rings (SSSR count). The fourth-order valence-electron chi connectivity index (χ4n) is 3.05. The molecule has 0 unspecified atom stereocenters. The molecular weight excluding hydrogens is 282 g/mol. The van der Waals surface area contributed by atoms with Crippen molar-refractivity contribution in [2.75, 3.05) is 33.4 Å². The van der Waals surface area contributed by atoms with Crippen LogP contribution in [-0.2, 0) is 4.74 Å². The molecule has 6 heteroatoms. The lowest BCUT2D eigenvalue weighted by molar-refractivity contribution is -0.0283. The van der Waals surface area contributed by atoms with E-state index in [-0.39, 0.29) is 17.9 Å². The third kappa shape index (κ3) is 2.71. The zero-order chi connectivity index (χ0) is 15.6. The minimum atomic E-state index is -0.269. The number of carbonyl (C=O) groups is 1. The molecule has 1 aromatic heterocycles. The summed E-state index contributed by atoms with van der Waals surface area (Å²) >= 11 is 0. The van der Waals surface area contributed by atoms with Crippen molar-refractivity contribution in [2.45, 2.75) is 12.8 Å². The molecule has 118 valence electrons. The highest BCUT2D eigenvalue weighted by molar-refractivity contribution is 6.04. The lowest BCUT2D eigenvalue weighted by Gasteiger charge is -2.38. The highest BCUT2D eigenvalue weighted by Gasteiger charge is 2.35. The number of hydrogen-bond acceptors (Lipinski definition) is 4. The zero-order valence-electron chi connectivity index (χ0n) is 12.7. The van der Waals surface area contributed by atoms with E-state index >= 15 is 0 Å². The molecule has 2 heterocycles. The molecule has 0 bridgehead atoms. The first-order valence-corrected chi connectivity index (χ1v) is 7.52. The average Bonchev–Trinajstić information content (AvgIpc) is 2.99. The fourth-order valence-corrected chi connectivity index (χ4v) is 3.05. The van der Waals surface area contributed by atoms with Gasteiger partial charge in [0.15, 0.2) is 5.69 Å². The number of hydrogen-bond donors (Lipinski definition) is 2. The number of rotatable bonds is 4. The van der Waals surface area contributed by atoms with Gasteiger partial charge in [0.05, 0.1) is 12.1 Å². The number of H-pyrrole nitrogens is 1. The van der Waals surface area contributed by atoms with Gasteiger partial charge >= 0.3 is 0 Å². The third-order valence-corrected chi connectivity index (χ3v) is 4.48. The van der Waals surface area contributed by atoms with Crippen LogP contribution in [0.4, 0.5) is 0 Å². The Kier molecular flexibility index (Phi) is 4.13. The van der Waals surface area contributed by atoms with E-state index in [9.17, 15) is 9.90 Å². The number of carbonyl (C=O) groups excluding carboxylic acids is 1. The predicted molar refractivity (Wildman–Crippen MR) is 82.6 cm³/mol. The van der Waals surface area contributed by atoms with Crippen LogP contribution in [0.15, 0.2) is 24.3 Å². The summed E-state index contributed by atoms with van der Waals surface area (Å²) in [5.74, 6) is -0.128. The highest BCUT2D eigenvalue weighted by Crippen LogP contribution is 2.31. The number of para-hydroxylation sites is 1. The van der Waals surface area contributed by atoms with Gasteiger partial charge in [0, 0.05) is 37.6 Å². The summed E-state index contributed by atoms with van der Waals surface area (Å²) in [5.41, 5.74) is 1.01. The number of aliphatic hydroxyl groups is 1. The number of nitrogens with one attached hydrogen (secondary N) is 1. The van der Waals surface area contributed by atoms with Gasteiger partial charge in [0.2, 0.25) is 0 Å². The van der Waals surface area contributed by atoms with Crippen LogP contribution in [0, 0.1) is 5.41 Å². The first-order chi connectivity index (χ1) is 10.7. The summed E-state index contributed by atoms with van der Waals surface area (Å²) in [6.07, 6.45) is 1.53. The molecule has 6 nitrogen and oxygen atoms in total. The lowest BCUT2D eigenvalue weighted by atomic mass is 9.80. The van der Waals surface area contributed by atoms with Gasteiger partial charge < -0.3 is 14.7 Å². The van der Waals surface area contributed by atoms with Crippen molar-refractivity contribution in [2.24, 2.45) is 5.41 Å². The molecule has 1 aliphatic rings. The first kappa shape index (κ1) is 15.0. The van der Waals surface area contributed by atoms with Crippen LogP contribution in [0.2, 0.25) is 0 Å². The normalized spacial score (nSPS) is 17.5. The van der Waals surface area contributed by atoms with Crippen LogP contribution in [0.25, 0.3) is 10.9 Å². The van der Waals surface area contributed by atoms with E-state index in [1.807, 2.05) is 24.3 Å². The van der Waals surface area contributed by atoms with Crippen LogP contribution in [0.5, 0.6) is 0 Å². The summed E-state index contributed by atoms with van der Waals surface area (Å²) in [6, 6.07) is 7.58. The Hall–Kier alpha value is -1.92.